The van der Waals surface area contributed by atoms with Crippen molar-refractivity contribution in [2.75, 3.05) is 39.1 Å². The number of carbonyl (C=O) groups is 1. The standard InChI is InChI=1S/C28H45N3O4S/c1-16-6-7-22-26(2,3)24(30-31-8-10-34-11-9-31)21(36-5)14-28(22)27(16,4)13-18-20(32)12-17-19(23(18)35-28)15-29-25(17)33/h16-23,32H,6-15H2,1-5H3,(H,29,33). The predicted octanol–water partition coefficient (Wildman–Crippen LogP) is 3.16. The van der Waals surface area contributed by atoms with Crippen molar-refractivity contribution in [3.8, 4) is 0 Å². The highest BCUT2D eigenvalue weighted by Crippen LogP contribution is 2.68. The number of aliphatic hydroxyl groups is 1. The van der Waals surface area contributed by atoms with Crippen LogP contribution in [0.1, 0.15) is 59.8 Å². The fourth-order valence-electron chi connectivity index (χ4n) is 9.35. The van der Waals surface area contributed by atoms with E-state index in [1.54, 1.807) is 0 Å². The third-order valence-electron chi connectivity index (χ3n) is 11.6. The van der Waals surface area contributed by atoms with Crippen LogP contribution in [-0.4, -0.2) is 83.9 Å². The molecule has 0 aromatic carbocycles. The summed E-state index contributed by atoms with van der Waals surface area (Å²) in [4.78, 5) is 12.6. The van der Waals surface area contributed by atoms with Crippen molar-refractivity contribution in [3.05, 3.63) is 0 Å². The van der Waals surface area contributed by atoms with Gasteiger partial charge >= 0.3 is 0 Å². The van der Waals surface area contributed by atoms with E-state index in [1.807, 2.05) is 11.8 Å². The van der Waals surface area contributed by atoms with Gasteiger partial charge in [-0.1, -0.05) is 27.7 Å². The number of fused-ring (bicyclic) bond motifs is 3. The first-order valence-electron chi connectivity index (χ1n) is 14.2. The van der Waals surface area contributed by atoms with Crippen molar-refractivity contribution in [2.45, 2.75) is 82.9 Å². The Morgan fingerprint density at radius 2 is 1.89 bits per heavy atom. The van der Waals surface area contributed by atoms with Crippen LogP contribution in [0.25, 0.3) is 0 Å². The van der Waals surface area contributed by atoms with Gasteiger partial charge in [-0.05, 0) is 55.6 Å². The zero-order valence-electron chi connectivity index (χ0n) is 22.7. The number of hydrogen-bond acceptors (Lipinski definition) is 7. The van der Waals surface area contributed by atoms with Gasteiger partial charge in [-0.25, -0.2) is 0 Å². The molecule has 1 spiro atoms. The Morgan fingerprint density at radius 1 is 1.14 bits per heavy atom. The van der Waals surface area contributed by atoms with Gasteiger partial charge in [0.15, 0.2) is 0 Å². The number of aliphatic hydroxyl groups excluding tert-OH is 1. The third kappa shape index (κ3) is 3.49. The maximum absolute atomic E-state index is 12.6. The van der Waals surface area contributed by atoms with Crippen LogP contribution in [0.4, 0.5) is 0 Å². The normalized spacial score (nSPS) is 51.1. The molecule has 1 amide bonds. The van der Waals surface area contributed by atoms with E-state index < -0.39 is 6.10 Å². The Labute approximate surface area is 220 Å². The molecule has 3 heterocycles. The molecule has 0 aromatic heterocycles. The summed E-state index contributed by atoms with van der Waals surface area (Å²) in [5, 5.41) is 22.2. The van der Waals surface area contributed by atoms with Crippen molar-refractivity contribution < 1.29 is 19.4 Å². The average Bonchev–Trinajstić information content (AvgIpc) is 3.22. The number of amides is 1. The largest absolute Gasteiger partial charge is 0.393 e. The van der Waals surface area contributed by atoms with Crippen molar-refractivity contribution in [2.24, 2.45) is 45.5 Å². The van der Waals surface area contributed by atoms with E-state index in [1.165, 1.54) is 12.1 Å². The lowest BCUT2D eigenvalue weighted by Gasteiger charge is -2.70. The molecule has 6 fully saturated rings. The van der Waals surface area contributed by atoms with Crippen LogP contribution in [-0.2, 0) is 14.3 Å². The van der Waals surface area contributed by atoms with Gasteiger partial charge in [-0.2, -0.15) is 16.9 Å². The second-order valence-corrected chi connectivity index (χ2v) is 14.3. The Morgan fingerprint density at radius 3 is 2.61 bits per heavy atom. The van der Waals surface area contributed by atoms with Gasteiger partial charge in [0.25, 0.3) is 0 Å². The maximum atomic E-state index is 12.6. The van der Waals surface area contributed by atoms with Crippen LogP contribution in [0.5, 0.6) is 0 Å². The fraction of sp³-hybridized carbons (Fsp3) is 0.929. The van der Waals surface area contributed by atoms with E-state index in [-0.39, 0.29) is 51.4 Å². The summed E-state index contributed by atoms with van der Waals surface area (Å²) in [7, 11) is 0. The van der Waals surface area contributed by atoms with Gasteiger partial charge in [-0.3, -0.25) is 9.80 Å². The summed E-state index contributed by atoms with van der Waals surface area (Å²) in [6.45, 7) is 13.6. The van der Waals surface area contributed by atoms with Gasteiger partial charge in [0.05, 0.1) is 49.8 Å². The number of ether oxygens (including phenoxy) is 2. The van der Waals surface area contributed by atoms with Crippen molar-refractivity contribution in [1.29, 1.82) is 0 Å². The van der Waals surface area contributed by atoms with Crippen LogP contribution in [0.15, 0.2) is 5.10 Å². The molecule has 6 rings (SSSR count). The number of morpholine rings is 1. The van der Waals surface area contributed by atoms with E-state index in [0.29, 0.717) is 24.8 Å². The first-order chi connectivity index (χ1) is 17.1. The van der Waals surface area contributed by atoms with Crippen LogP contribution in [0.2, 0.25) is 0 Å². The minimum Gasteiger partial charge on any atom is -0.393 e. The van der Waals surface area contributed by atoms with Gasteiger partial charge in [0, 0.05) is 35.0 Å². The molecule has 10 atom stereocenters. The van der Waals surface area contributed by atoms with E-state index in [0.717, 1.165) is 45.6 Å². The molecule has 8 heteroatoms. The molecule has 3 saturated carbocycles. The topological polar surface area (TPSA) is 83.4 Å². The summed E-state index contributed by atoms with van der Waals surface area (Å²) >= 11 is 1.92. The van der Waals surface area contributed by atoms with Crippen molar-refractivity contribution in [3.63, 3.8) is 0 Å². The monoisotopic (exact) mass is 519 g/mol. The first kappa shape index (κ1) is 25.4. The maximum Gasteiger partial charge on any atom is 0.223 e. The number of thioether (sulfide) groups is 1. The summed E-state index contributed by atoms with van der Waals surface area (Å²) in [6, 6.07) is 0. The van der Waals surface area contributed by atoms with Gasteiger partial charge < -0.3 is 19.9 Å². The molecule has 202 valence electrons. The molecule has 7 nitrogen and oxygen atoms in total. The summed E-state index contributed by atoms with van der Waals surface area (Å²) in [5.74, 6) is 1.15. The van der Waals surface area contributed by atoms with Crippen molar-refractivity contribution in [1.82, 2.24) is 10.3 Å². The summed E-state index contributed by atoms with van der Waals surface area (Å²) in [5.41, 5.74) is 0.917. The molecule has 0 aromatic rings. The predicted molar refractivity (Wildman–Crippen MR) is 142 cm³/mol. The first-order valence-corrected chi connectivity index (χ1v) is 15.5. The average molecular weight is 520 g/mol. The molecule has 10 unspecified atom stereocenters. The molecule has 6 aliphatic rings. The van der Waals surface area contributed by atoms with Crippen LogP contribution < -0.4 is 5.32 Å². The van der Waals surface area contributed by atoms with E-state index in [9.17, 15) is 9.90 Å². The Balaban J connectivity index is 1.42. The molecule has 2 N–H and O–H groups in total. The highest BCUT2D eigenvalue weighted by molar-refractivity contribution is 7.99. The molecular weight excluding hydrogens is 474 g/mol. The number of rotatable bonds is 2. The summed E-state index contributed by atoms with van der Waals surface area (Å²) in [6.07, 6.45) is 6.55. The number of nitrogens with zero attached hydrogens (tertiary/aromatic N) is 2. The lowest BCUT2D eigenvalue weighted by atomic mass is 9.42. The zero-order valence-corrected chi connectivity index (χ0v) is 23.5. The minimum absolute atomic E-state index is 0.0172. The fourth-order valence-corrected chi connectivity index (χ4v) is 10.3. The second-order valence-electron chi connectivity index (χ2n) is 13.3. The van der Waals surface area contributed by atoms with E-state index in [4.69, 9.17) is 14.6 Å². The minimum atomic E-state index is -0.465. The Hall–Kier alpha value is -0.830. The lowest BCUT2D eigenvalue weighted by Crippen LogP contribution is -2.74. The van der Waals surface area contributed by atoms with Crippen molar-refractivity contribution >= 4 is 23.4 Å². The molecular formula is C28H45N3O4S. The molecule has 3 saturated heterocycles. The second kappa shape index (κ2) is 8.85. The molecule has 0 bridgehead atoms. The Kier molecular flexibility index (Phi) is 6.26. The van der Waals surface area contributed by atoms with Gasteiger partial charge in [-0.15, -0.1) is 0 Å². The Bertz CT molecular complexity index is 922. The lowest BCUT2D eigenvalue weighted by molar-refractivity contribution is -0.318. The van der Waals surface area contributed by atoms with E-state index in [2.05, 4.69) is 44.3 Å². The smallest absolute Gasteiger partial charge is 0.223 e. The van der Waals surface area contributed by atoms with E-state index >= 15 is 0 Å². The molecule has 0 radical (unpaired) electrons. The van der Waals surface area contributed by atoms with Gasteiger partial charge in [0.1, 0.15) is 0 Å². The zero-order chi connectivity index (χ0) is 25.5. The number of hydrazone groups is 1. The molecule has 3 aliphatic heterocycles. The van der Waals surface area contributed by atoms with Crippen LogP contribution >= 0.6 is 11.8 Å². The highest BCUT2D eigenvalue weighted by atomic mass is 32.2. The number of carbonyl (C=O) groups excluding carboxylic acids is 1. The van der Waals surface area contributed by atoms with Gasteiger partial charge in [0.2, 0.25) is 5.91 Å². The number of hydrogen-bond donors (Lipinski definition) is 2. The quantitative estimate of drug-likeness (QED) is 0.583. The SMILES string of the molecule is CSC1CC23OC4C(CC2(C)C(C)CCC3C(C)(C)C1=NN1CCOCC1)C(O)CC1C(=O)NCC14. The molecule has 36 heavy (non-hydrogen) atoms. The molecule has 3 aliphatic carbocycles. The highest BCUT2D eigenvalue weighted by Gasteiger charge is 2.71. The van der Waals surface area contributed by atoms with Crippen LogP contribution in [0.3, 0.4) is 0 Å². The number of nitrogens with one attached hydrogen (secondary N) is 1. The summed E-state index contributed by atoms with van der Waals surface area (Å²) < 4.78 is 13.1. The van der Waals surface area contributed by atoms with Crippen LogP contribution in [0, 0.1) is 40.4 Å². The third-order valence-corrected chi connectivity index (χ3v) is 12.5.